The number of oxazole rings is 1. The number of alkyl halides is 2. The molecule has 1 aliphatic carbocycles. The van der Waals surface area contributed by atoms with Crippen LogP contribution >= 0.6 is 0 Å². The first-order chi connectivity index (χ1) is 20.8. The van der Waals surface area contributed by atoms with E-state index in [1.165, 1.54) is 31.4 Å². The van der Waals surface area contributed by atoms with Gasteiger partial charge in [-0.1, -0.05) is 6.07 Å². The normalized spacial score (nSPS) is 13.6. The lowest BCUT2D eigenvalue weighted by Crippen LogP contribution is -2.34. The van der Waals surface area contributed by atoms with Crippen LogP contribution in [0.15, 0.2) is 40.8 Å². The molecule has 0 bridgehead atoms. The number of carbonyl (C=O) groups excluding carboxylic acids is 3. The van der Waals surface area contributed by atoms with Gasteiger partial charge in [-0.15, -0.1) is 0 Å². The van der Waals surface area contributed by atoms with Gasteiger partial charge in [0.1, 0.15) is 17.9 Å². The number of ether oxygens (including phenoxy) is 5. The van der Waals surface area contributed by atoms with Crippen LogP contribution in [-0.4, -0.2) is 53.9 Å². The van der Waals surface area contributed by atoms with E-state index in [9.17, 15) is 23.2 Å². The Bertz CT molecular complexity index is 1500. The molecule has 1 amide bonds. The summed E-state index contributed by atoms with van der Waals surface area (Å²) in [7, 11) is 1.22. The standard InChI is InChI=1S/C30H33F2N3O9/c1-16(33-29(38)44-30(2,3)4)24-23(27(37)41-15-19-7-6-8-20(34-19)26(36)39-5)35-25(43-24)18-11-12-21(42-28(31)32)22(13-18)40-14-17-9-10-17/h6-8,11-13,16-17,28H,9-10,14-15H2,1-5H3,(H,33,38)/t16-/m0/s1. The highest BCUT2D eigenvalue weighted by atomic mass is 19.3. The van der Waals surface area contributed by atoms with Gasteiger partial charge in [-0.05, 0) is 76.8 Å². The highest BCUT2D eigenvalue weighted by molar-refractivity contribution is 5.89. The van der Waals surface area contributed by atoms with Crippen molar-refractivity contribution in [3.05, 3.63) is 59.2 Å². The van der Waals surface area contributed by atoms with Crippen molar-refractivity contribution >= 4 is 18.0 Å². The van der Waals surface area contributed by atoms with E-state index in [1.807, 2.05) is 0 Å². The minimum Gasteiger partial charge on any atom is -0.489 e. The van der Waals surface area contributed by atoms with Crippen molar-refractivity contribution in [2.24, 2.45) is 5.92 Å². The van der Waals surface area contributed by atoms with E-state index in [0.29, 0.717) is 12.5 Å². The Kier molecular flexibility index (Phi) is 10.0. The van der Waals surface area contributed by atoms with Gasteiger partial charge in [0.25, 0.3) is 0 Å². The smallest absolute Gasteiger partial charge is 0.408 e. The topological polar surface area (TPSA) is 148 Å². The number of nitrogens with zero attached hydrogens (tertiary/aromatic N) is 2. The molecule has 1 aliphatic rings. The van der Waals surface area contributed by atoms with Crippen LogP contribution in [0.4, 0.5) is 13.6 Å². The number of alkyl carbamates (subject to hydrolysis) is 1. The van der Waals surface area contributed by atoms with Gasteiger partial charge in [-0.25, -0.2) is 24.4 Å². The minimum absolute atomic E-state index is 0.0274. The summed E-state index contributed by atoms with van der Waals surface area (Å²) >= 11 is 0. The number of halogens is 2. The molecule has 0 radical (unpaired) electrons. The molecule has 236 valence electrons. The molecule has 4 rings (SSSR count). The Labute approximate surface area is 252 Å². The van der Waals surface area contributed by atoms with Crippen LogP contribution in [0.25, 0.3) is 11.5 Å². The molecule has 12 nitrogen and oxygen atoms in total. The number of rotatable bonds is 12. The summed E-state index contributed by atoms with van der Waals surface area (Å²) in [5, 5.41) is 2.60. The van der Waals surface area contributed by atoms with Crippen molar-refractivity contribution in [3.63, 3.8) is 0 Å². The summed E-state index contributed by atoms with van der Waals surface area (Å²) in [6.07, 6.45) is 1.18. The number of hydrogen-bond acceptors (Lipinski definition) is 11. The highest BCUT2D eigenvalue weighted by Crippen LogP contribution is 2.37. The zero-order valence-corrected chi connectivity index (χ0v) is 24.8. The molecule has 0 aliphatic heterocycles. The number of pyridine rings is 1. The molecule has 1 aromatic carbocycles. The second kappa shape index (κ2) is 13.7. The molecule has 2 heterocycles. The maximum Gasteiger partial charge on any atom is 0.408 e. The summed E-state index contributed by atoms with van der Waals surface area (Å²) in [4.78, 5) is 46.0. The maximum atomic E-state index is 13.3. The average molecular weight is 618 g/mol. The summed E-state index contributed by atoms with van der Waals surface area (Å²) in [5.41, 5.74) is -0.475. The van der Waals surface area contributed by atoms with E-state index in [0.717, 1.165) is 12.8 Å². The van der Waals surface area contributed by atoms with Crippen LogP contribution in [0.1, 0.15) is 79.0 Å². The van der Waals surface area contributed by atoms with Gasteiger partial charge in [-0.2, -0.15) is 8.78 Å². The van der Waals surface area contributed by atoms with Crippen LogP contribution in [0, 0.1) is 5.92 Å². The predicted molar refractivity (Wildman–Crippen MR) is 149 cm³/mol. The van der Waals surface area contributed by atoms with Crippen LogP contribution in [0.5, 0.6) is 11.5 Å². The number of aromatic nitrogens is 2. The minimum atomic E-state index is -3.07. The molecule has 14 heteroatoms. The van der Waals surface area contributed by atoms with E-state index in [-0.39, 0.29) is 52.4 Å². The Morgan fingerprint density at radius 3 is 2.48 bits per heavy atom. The Hall–Kier alpha value is -4.75. The number of nitrogens with one attached hydrogen (secondary N) is 1. The van der Waals surface area contributed by atoms with Crippen LogP contribution in [0.2, 0.25) is 0 Å². The third-order valence-corrected chi connectivity index (χ3v) is 6.10. The quantitative estimate of drug-likeness (QED) is 0.193. The van der Waals surface area contributed by atoms with Crippen molar-refractivity contribution in [2.45, 2.75) is 65.4 Å². The number of esters is 2. The van der Waals surface area contributed by atoms with Gasteiger partial charge in [0, 0.05) is 5.56 Å². The van der Waals surface area contributed by atoms with E-state index < -0.39 is 36.3 Å². The van der Waals surface area contributed by atoms with Gasteiger partial charge in [0.05, 0.1) is 25.5 Å². The molecular formula is C30H33F2N3O9. The molecule has 3 aromatic rings. The first-order valence-electron chi connectivity index (χ1n) is 13.8. The number of benzene rings is 1. The van der Waals surface area contributed by atoms with Gasteiger partial charge in [-0.3, -0.25) is 0 Å². The van der Waals surface area contributed by atoms with Crippen LogP contribution in [0.3, 0.4) is 0 Å². The summed E-state index contributed by atoms with van der Waals surface area (Å²) in [6, 6.07) is 7.76. The van der Waals surface area contributed by atoms with E-state index in [1.54, 1.807) is 39.8 Å². The van der Waals surface area contributed by atoms with Crippen LogP contribution < -0.4 is 14.8 Å². The van der Waals surface area contributed by atoms with Gasteiger partial charge < -0.3 is 33.4 Å². The number of amides is 1. The third-order valence-electron chi connectivity index (χ3n) is 6.10. The van der Waals surface area contributed by atoms with Crippen molar-refractivity contribution in [1.82, 2.24) is 15.3 Å². The number of methoxy groups -OCH3 is 1. The Morgan fingerprint density at radius 2 is 1.82 bits per heavy atom. The second-order valence-electron chi connectivity index (χ2n) is 11.0. The van der Waals surface area contributed by atoms with Crippen molar-refractivity contribution in [2.75, 3.05) is 13.7 Å². The van der Waals surface area contributed by atoms with E-state index in [2.05, 4.69) is 24.8 Å². The molecule has 0 unspecified atom stereocenters. The molecule has 1 saturated carbocycles. The third kappa shape index (κ3) is 8.88. The fraction of sp³-hybridized carbons (Fsp3) is 0.433. The fourth-order valence-corrected chi connectivity index (χ4v) is 3.87. The summed E-state index contributed by atoms with van der Waals surface area (Å²) in [6.45, 7) is 3.56. The number of hydrogen-bond donors (Lipinski definition) is 1. The van der Waals surface area contributed by atoms with Crippen LogP contribution in [-0.2, 0) is 20.8 Å². The monoisotopic (exact) mass is 617 g/mol. The highest BCUT2D eigenvalue weighted by Gasteiger charge is 2.29. The largest absolute Gasteiger partial charge is 0.489 e. The Morgan fingerprint density at radius 1 is 1.07 bits per heavy atom. The second-order valence-corrected chi connectivity index (χ2v) is 11.0. The lowest BCUT2D eigenvalue weighted by molar-refractivity contribution is -0.0515. The average Bonchev–Trinajstić information content (AvgIpc) is 3.68. The molecule has 1 N–H and O–H groups in total. The van der Waals surface area contributed by atoms with Crippen molar-refractivity contribution in [3.8, 4) is 23.0 Å². The van der Waals surface area contributed by atoms with E-state index >= 15 is 0 Å². The summed E-state index contributed by atoms with van der Waals surface area (Å²) in [5.74, 6) is -1.49. The zero-order valence-electron chi connectivity index (χ0n) is 24.8. The van der Waals surface area contributed by atoms with Gasteiger partial charge in [0.15, 0.2) is 23.0 Å². The SMILES string of the molecule is COC(=O)c1cccc(COC(=O)c2nc(-c3ccc(OC(F)F)c(OCC4CC4)c3)oc2[C@H](C)NC(=O)OC(C)(C)C)n1. The van der Waals surface area contributed by atoms with Gasteiger partial charge >= 0.3 is 24.6 Å². The maximum absolute atomic E-state index is 13.3. The molecule has 0 saturated heterocycles. The summed E-state index contributed by atoms with van der Waals surface area (Å²) < 4.78 is 57.7. The zero-order chi connectivity index (χ0) is 32.0. The predicted octanol–water partition coefficient (Wildman–Crippen LogP) is 5.86. The molecule has 1 fully saturated rings. The molecule has 44 heavy (non-hydrogen) atoms. The van der Waals surface area contributed by atoms with Crippen molar-refractivity contribution in [1.29, 1.82) is 0 Å². The fourth-order valence-electron chi connectivity index (χ4n) is 3.87. The number of carbonyl (C=O) groups is 3. The van der Waals surface area contributed by atoms with Crippen molar-refractivity contribution < 1.29 is 51.3 Å². The molecule has 1 atom stereocenters. The lowest BCUT2D eigenvalue weighted by atomic mass is 10.2. The van der Waals surface area contributed by atoms with E-state index in [4.69, 9.17) is 18.6 Å². The first kappa shape index (κ1) is 32.2. The molecule has 2 aromatic heterocycles. The first-order valence-corrected chi connectivity index (χ1v) is 13.8. The molecule has 0 spiro atoms. The Balaban J connectivity index is 1.63. The van der Waals surface area contributed by atoms with Gasteiger partial charge in [0.2, 0.25) is 5.89 Å². The lowest BCUT2D eigenvalue weighted by Gasteiger charge is -2.21. The molecular weight excluding hydrogens is 584 g/mol.